The van der Waals surface area contributed by atoms with Crippen molar-refractivity contribution < 1.29 is 18.3 Å². The summed E-state index contributed by atoms with van der Waals surface area (Å²) >= 11 is 0. The zero-order valence-corrected chi connectivity index (χ0v) is 18.7. The summed E-state index contributed by atoms with van der Waals surface area (Å²) in [5.74, 6) is -2.33. The minimum absolute atomic E-state index is 0.0105. The Hall–Kier alpha value is -2.66. The van der Waals surface area contributed by atoms with Gasteiger partial charge in [-0.15, -0.1) is 0 Å². The van der Waals surface area contributed by atoms with E-state index in [-0.39, 0.29) is 44.4 Å². The van der Waals surface area contributed by atoms with Gasteiger partial charge < -0.3 is 19.5 Å². The van der Waals surface area contributed by atoms with Crippen LogP contribution in [0.25, 0.3) is 10.9 Å². The largest absolute Gasteiger partial charge is 0.490 e. The standard InChI is InChI=1S/C24H30F2N4O2/c1-16(2)29-11-6-17(7-12-29)32-18-3-4-21-20(15-18)19(5-10-27)22(28-21)23(31)30-13-8-24(25,26)9-14-30/h3-4,15-17,28H,5-9,11-14H2,1-2H3. The van der Waals surface area contributed by atoms with Gasteiger partial charge in [0.2, 0.25) is 0 Å². The highest BCUT2D eigenvalue weighted by Crippen LogP contribution is 2.32. The van der Waals surface area contributed by atoms with Crippen LogP contribution in [0.5, 0.6) is 5.75 Å². The summed E-state index contributed by atoms with van der Waals surface area (Å²) in [7, 11) is 0. The molecular formula is C24H30F2N4O2. The number of H-pyrrole nitrogens is 1. The highest BCUT2D eigenvalue weighted by molar-refractivity contribution is 6.01. The highest BCUT2D eigenvalue weighted by atomic mass is 19.3. The molecule has 6 nitrogen and oxygen atoms in total. The van der Waals surface area contributed by atoms with Crippen molar-refractivity contribution in [2.24, 2.45) is 0 Å². The summed E-state index contributed by atoms with van der Waals surface area (Å²) in [6, 6.07) is 8.28. The van der Waals surface area contributed by atoms with Crippen molar-refractivity contribution in [2.45, 2.75) is 64.0 Å². The number of hydrogen-bond acceptors (Lipinski definition) is 4. The van der Waals surface area contributed by atoms with Crippen LogP contribution in [0, 0.1) is 11.3 Å². The van der Waals surface area contributed by atoms with Crippen molar-refractivity contribution in [3.8, 4) is 11.8 Å². The second-order valence-electron chi connectivity index (χ2n) is 9.12. The molecule has 2 aliphatic rings. The molecule has 0 radical (unpaired) electrons. The van der Waals surface area contributed by atoms with Crippen LogP contribution < -0.4 is 4.74 Å². The number of benzene rings is 1. The van der Waals surface area contributed by atoms with Gasteiger partial charge in [-0.3, -0.25) is 4.79 Å². The third-order valence-corrected chi connectivity index (χ3v) is 6.64. The van der Waals surface area contributed by atoms with Crippen LogP contribution in [-0.4, -0.2) is 64.9 Å². The van der Waals surface area contributed by atoms with E-state index in [0.29, 0.717) is 17.3 Å². The van der Waals surface area contributed by atoms with Gasteiger partial charge in [-0.2, -0.15) is 5.26 Å². The van der Waals surface area contributed by atoms with Gasteiger partial charge in [-0.25, -0.2) is 8.78 Å². The topological polar surface area (TPSA) is 72.4 Å². The zero-order chi connectivity index (χ0) is 22.9. The zero-order valence-electron chi connectivity index (χ0n) is 18.7. The molecule has 172 valence electrons. The molecule has 0 atom stereocenters. The van der Waals surface area contributed by atoms with E-state index in [0.717, 1.165) is 42.6 Å². The van der Waals surface area contributed by atoms with Gasteiger partial charge >= 0.3 is 0 Å². The number of amides is 1. The Bertz CT molecular complexity index is 1010. The molecule has 8 heteroatoms. The average Bonchev–Trinajstić information content (AvgIpc) is 3.12. The molecule has 1 N–H and O–H groups in total. The number of rotatable bonds is 5. The number of carbonyl (C=O) groups is 1. The smallest absolute Gasteiger partial charge is 0.270 e. The molecule has 4 rings (SSSR count). The predicted molar refractivity (Wildman–Crippen MR) is 118 cm³/mol. The number of aromatic amines is 1. The fourth-order valence-electron chi connectivity index (χ4n) is 4.64. The van der Waals surface area contributed by atoms with Gasteiger partial charge in [-0.1, -0.05) is 0 Å². The van der Waals surface area contributed by atoms with E-state index >= 15 is 0 Å². The number of alkyl halides is 2. The van der Waals surface area contributed by atoms with Crippen LogP contribution in [-0.2, 0) is 6.42 Å². The van der Waals surface area contributed by atoms with Crippen LogP contribution in [0.3, 0.4) is 0 Å². The number of nitrogens with zero attached hydrogens (tertiary/aromatic N) is 3. The van der Waals surface area contributed by atoms with Gasteiger partial charge in [0.1, 0.15) is 17.5 Å². The molecule has 0 aliphatic carbocycles. The summed E-state index contributed by atoms with van der Waals surface area (Å²) in [4.78, 5) is 20.1. The van der Waals surface area contributed by atoms with E-state index in [2.05, 4.69) is 29.8 Å². The number of ether oxygens (including phenoxy) is 1. The fraction of sp³-hybridized carbons (Fsp3) is 0.583. The Morgan fingerprint density at radius 1 is 1.25 bits per heavy atom. The van der Waals surface area contributed by atoms with Crippen molar-refractivity contribution in [3.05, 3.63) is 29.5 Å². The molecule has 2 saturated heterocycles. The van der Waals surface area contributed by atoms with E-state index in [1.54, 1.807) is 0 Å². The molecule has 3 heterocycles. The summed E-state index contributed by atoms with van der Waals surface area (Å²) in [6.45, 7) is 6.43. The normalized spacial score (nSPS) is 19.9. The van der Waals surface area contributed by atoms with Crippen molar-refractivity contribution in [1.29, 1.82) is 5.26 Å². The molecule has 32 heavy (non-hydrogen) atoms. The molecule has 2 aliphatic heterocycles. The van der Waals surface area contributed by atoms with Crippen LogP contribution in [0.15, 0.2) is 18.2 Å². The SMILES string of the molecule is CC(C)N1CCC(Oc2ccc3[nH]c(C(=O)N4CCC(F)(F)CC4)c(CC#N)c3c2)CC1. The number of nitriles is 1. The van der Waals surface area contributed by atoms with Crippen LogP contribution in [0.4, 0.5) is 8.78 Å². The molecule has 0 saturated carbocycles. The maximum atomic E-state index is 13.5. The first-order valence-corrected chi connectivity index (χ1v) is 11.4. The van der Waals surface area contributed by atoms with Gasteiger partial charge in [0.15, 0.2) is 0 Å². The minimum Gasteiger partial charge on any atom is -0.490 e. The monoisotopic (exact) mass is 444 g/mol. The van der Waals surface area contributed by atoms with Crippen molar-refractivity contribution in [1.82, 2.24) is 14.8 Å². The Morgan fingerprint density at radius 2 is 1.94 bits per heavy atom. The number of halogens is 2. The molecule has 2 fully saturated rings. The first-order chi connectivity index (χ1) is 15.3. The summed E-state index contributed by atoms with van der Waals surface area (Å²) in [5, 5.41) is 10.1. The van der Waals surface area contributed by atoms with Gasteiger partial charge in [-0.05, 0) is 44.9 Å². The molecule has 0 spiro atoms. The van der Waals surface area contributed by atoms with E-state index in [9.17, 15) is 18.8 Å². The first kappa shape index (κ1) is 22.5. The third-order valence-electron chi connectivity index (χ3n) is 6.64. The van der Waals surface area contributed by atoms with E-state index in [1.165, 1.54) is 4.90 Å². The van der Waals surface area contributed by atoms with E-state index < -0.39 is 5.92 Å². The lowest BCUT2D eigenvalue weighted by molar-refractivity contribution is -0.0495. The lowest BCUT2D eigenvalue weighted by Crippen LogP contribution is -2.43. The van der Waals surface area contributed by atoms with E-state index in [4.69, 9.17) is 4.74 Å². The molecule has 0 unspecified atom stereocenters. The molecule has 2 aromatic rings. The fourth-order valence-corrected chi connectivity index (χ4v) is 4.64. The number of carbonyl (C=O) groups excluding carboxylic acids is 1. The lowest BCUT2D eigenvalue weighted by atomic mass is 10.0. The van der Waals surface area contributed by atoms with Crippen LogP contribution >= 0.6 is 0 Å². The Morgan fingerprint density at radius 3 is 2.56 bits per heavy atom. The maximum absolute atomic E-state index is 13.5. The van der Waals surface area contributed by atoms with Crippen molar-refractivity contribution >= 4 is 16.8 Å². The average molecular weight is 445 g/mol. The Kier molecular flexibility index (Phi) is 6.38. The minimum atomic E-state index is -2.72. The van der Waals surface area contributed by atoms with E-state index in [1.807, 2.05) is 18.2 Å². The second kappa shape index (κ2) is 9.07. The lowest BCUT2D eigenvalue weighted by Gasteiger charge is -2.34. The number of likely N-dealkylation sites (tertiary alicyclic amines) is 2. The summed E-state index contributed by atoms with van der Waals surface area (Å²) < 4.78 is 33.2. The molecule has 1 aromatic heterocycles. The predicted octanol–water partition coefficient (Wildman–Crippen LogP) is 4.36. The van der Waals surface area contributed by atoms with Gasteiger partial charge in [0, 0.05) is 61.5 Å². The molecule has 1 aromatic carbocycles. The van der Waals surface area contributed by atoms with Crippen LogP contribution in [0.2, 0.25) is 0 Å². The van der Waals surface area contributed by atoms with Crippen LogP contribution in [0.1, 0.15) is 55.6 Å². The molecule has 0 bridgehead atoms. The quantitative estimate of drug-likeness (QED) is 0.744. The highest BCUT2D eigenvalue weighted by Gasteiger charge is 2.36. The molecular weight excluding hydrogens is 414 g/mol. The van der Waals surface area contributed by atoms with Crippen molar-refractivity contribution in [2.75, 3.05) is 26.2 Å². The molecule has 1 amide bonds. The third kappa shape index (κ3) is 4.73. The first-order valence-electron chi connectivity index (χ1n) is 11.4. The summed E-state index contributed by atoms with van der Waals surface area (Å²) in [6.07, 6.45) is 1.44. The number of aromatic nitrogens is 1. The number of piperidine rings is 2. The van der Waals surface area contributed by atoms with Gasteiger partial charge in [0.25, 0.3) is 11.8 Å². The second-order valence-corrected chi connectivity index (χ2v) is 9.12. The number of nitrogens with one attached hydrogen (secondary N) is 1. The number of hydrogen-bond donors (Lipinski definition) is 1. The maximum Gasteiger partial charge on any atom is 0.270 e. The van der Waals surface area contributed by atoms with Gasteiger partial charge in [0.05, 0.1) is 12.5 Å². The summed E-state index contributed by atoms with van der Waals surface area (Å²) in [5.41, 5.74) is 1.65. The number of fused-ring (bicyclic) bond motifs is 1. The van der Waals surface area contributed by atoms with Crippen molar-refractivity contribution in [3.63, 3.8) is 0 Å². The Balaban J connectivity index is 1.54. The Labute approximate surface area is 187 Å².